The maximum atomic E-state index is 11.2. The van der Waals surface area contributed by atoms with E-state index in [0.29, 0.717) is 6.61 Å². The minimum absolute atomic E-state index is 0. The minimum atomic E-state index is -2.19. The summed E-state index contributed by atoms with van der Waals surface area (Å²) in [7, 11) is 3.86. The van der Waals surface area contributed by atoms with Gasteiger partial charge in [0.15, 0.2) is 8.03 Å². The predicted molar refractivity (Wildman–Crippen MR) is 61.6 cm³/mol. The van der Waals surface area contributed by atoms with E-state index in [1.807, 2.05) is 21.1 Å². The van der Waals surface area contributed by atoms with Crippen molar-refractivity contribution < 1.29 is 23.8 Å². The Morgan fingerprint density at radius 2 is 1.93 bits per heavy atom. The molecule has 2 unspecified atom stereocenters. The van der Waals surface area contributed by atoms with Crippen molar-refractivity contribution in [3.63, 3.8) is 0 Å². The summed E-state index contributed by atoms with van der Waals surface area (Å²) in [5, 5.41) is 17.5. The fraction of sp³-hybridized carbons (Fsp3) is 1.00. The van der Waals surface area contributed by atoms with Crippen molar-refractivity contribution in [3.8, 4) is 0 Å². The Morgan fingerprint density at radius 1 is 1.40 bits per heavy atom. The molecule has 0 radical (unpaired) electrons. The zero-order chi connectivity index (χ0) is 11.2. The van der Waals surface area contributed by atoms with Gasteiger partial charge in [0.05, 0.1) is 40.0 Å². The number of hydrogen-bond acceptors (Lipinski definition) is 4. The first kappa shape index (κ1) is 18.0. The molecule has 0 rings (SSSR count). The molecule has 0 saturated carbocycles. The van der Waals surface area contributed by atoms with E-state index in [2.05, 4.69) is 0 Å². The average molecular weight is 253 g/mol. The number of likely N-dealkylation sites (N-methyl/N-ethyl adjacent to an activating group) is 1. The summed E-state index contributed by atoms with van der Waals surface area (Å²) in [5.41, 5.74) is 0. The van der Waals surface area contributed by atoms with Gasteiger partial charge < -0.3 is 19.2 Å². The Morgan fingerprint density at radius 3 is 2.33 bits per heavy atom. The Hall–Kier alpha value is 0.602. The summed E-state index contributed by atoms with van der Waals surface area (Å²) < 4.78 is 17.0. The van der Waals surface area contributed by atoms with Crippen molar-refractivity contribution in [2.24, 2.45) is 0 Å². The molecule has 7 heteroatoms. The Balaban J connectivity index is 0. The van der Waals surface area contributed by atoms with E-state index in [9.17, 15) is 4.57 Å². The zero-order valence-electron chi connectivity index (χ0n) is 9.64. The second-order valence-electron chi connectivity index (χ2n) is 4.27. The predicted octanol–water partition coefficient (Wildman–Crippen LogP) is -0.844. The SMILES string of the molecule is C[N+](C)(C)CCO[PH](=O)CC(O)CO.[Al+3]. The van der Waals surface area contributed by atoms with E-state index in [1.54, 1.807) is 0 Å². The zero-order valence-corrected chi connectivity index (χ0v) is 11.8. The number of nitrogens with zero attached hydrogens (tertiary/aromatic N) is 1. The van der Waals surface area contributed by atoms with Crippen LogP contribution in [-0.2, 0) is 9.09 Å². The third kappa shape index (κ3) is 12.5. The summed E-state index contributed by atoms with van der Waals surface area (Å²) in [6, 6.07) is 0. The molecule has 0 aromatic heterocycles. The van der Waals surface area contributed by atoms with Gasteiger partial charge in [0.2, 0.25) is 0 Å². The van der Waals surface area contributed by atoms with Crippen molar-refractivity contribution in [3.05, 3.63) is 0 Å². The van der Waals surface area contributed by atoms with Gasteiger partial charge in [0.25, 0.3) is 0 Å². The van der Waals surface area contributed by atoms with Crippen LogP contribution in [0.2, 0.25) is 0 Å². The average Bonchev–Trinajstić information content (AvgIpc) is 2.01. The number of aliphatic hydroxyl groups excluding tert-OH is 2. The van der Waals surface area contributed by atoms with Gasteiger partial charge in [-0.15, -0.1) is 0 Å². The van der Waals surface area contributed by atoms with Crippen molar-refractivity contribution in [1.82, 2.24) is 0 Å². The van der Waals surface area contributed by atoms with Crippen LogP contribution in [0.5, 0.6) is 0 Å². The van der Waals surface area contributed by atoms with E-state index in [-0.39, 0.29) is 30.1 Å². The Kier molecular flexibility index (Phi) is 10.5. The maximum absolute atomic E-state index is 11.2. The van der Waals surface area contributed by atoms with Crippen molar-refractivity contribution in [1.29, 1.82) is 0 Å². The van der Waals surface area contributed by atoms with Gasteiger partial charge >= 0.3 is 17.4 Å². The van der Waals surface area contributed by atoms with Crippen LogP contribution < -0.4 is 0 Å². The molecule has 0 bridgehead atoms. The third-order valence-corrected chi connectivity index (χ3v) is 2.97. The van der Waals surface area contributed by atoms with Gasteiger partial charge in [-0.25, -0.2) is 0 Å². The second kappa shape index (κ2) is 8.72. The number of rotatable bonds is 7. The summed E-state index contributed by atoms with van der Waals surface area (Å²) in [6.45, 7) is 0.820. The monoisotopic (exact) mass is 253 g/mol. The van der Waals surface area contributed by atoms with Gasteiger partial charge in [0, 0.05) is 0 Å². The standard InChI is InChI=1S/C8H21NO4P.Al/c1-9(2,3)4-5-13-14(12)7-8(11)6-10;/h8,10-11,14H,4-7H2,1-3H3;/q+1;+3. The third-order valence-electron chi connectivity index (χ3n) is 1.64. The largest absolute Gasteiger partial charge is 3.00 e. The minimum Gasteiger partial charge on any atom is -0.394 e. The molecule has 86 valence electrons. The van der Waals surface area contributed by atoms with Crippen LogP contribution in [0.3, 0.4) is 0 Å². The van der Waals surface area contributed by atoms with E-state index in [4.69, 9.17) is 14.7 Å². The molecule has 0 aliphatic rings. The van der Waals surface area contributed by atoms with Gasteiger partial charge in [-0.05, 0) is 0 Å². The molecule has 5 nitrogen and oxygen atoms in total. The van der Waals surface area contributed by atoms with Crippen LogP contribution >= 0.6 is 8.03 Å². The van der Waals surface area contributed by atoms with Crippen molar-refractivity contribution >= 4 is 25.4 Å². The maximum Gasteiger partial charge on any atom is 3.00 e. The molecule has 0 fully saturated rings. The van der Waals surface area contributed by atoms with Crippen LogP contribution in [0.1, 0.15) is 0 Å². The smallest absolute Gasteiger partial charge is 0.394 e. The van der Waals surface area contributed by atoms with Gasteiger partial charge in [-0.3, -0.25) is 4.57 Å². The molecule has 0 aliphatic carbocycles. The first-order chi connectivity index (χ1) is 6.35. The van der Waals surface area contributed by atoms with E-state index >= 15 is 0 Å². The molecule has 2 N–H and O–H groups in total. The molecule has 0 spiro atoms. The molecule has 0 heterocycles. The molecule has 0 aromatic rings. The summed E-state index contributed by atoms with van der Waals surface area (Å²) >= 11 is 0. The molecule has 15 heavy (non-hydrogen) atoms. The van der Waals surface area contributed by atoms with Gasteiger partial charge in [0.1, 0.15) is 13.2 Å². The molecule has 0 aromatic carbocycles. The summed E-state index contributed by atoms with van der Waals surface area (Å²) in [6.07, 6.45) is -0.885. The van der Waals surface area contributed by atoms with Crippen molar-refractivity contribution in [2.75, 3.05) is 47.1 Å². The summed E-state index contributed by atoms with van der Waals surface area (Å²) in [4.78, 5) is 0. The second-order valence-corrected chi connectivity index (χ2v) is 5.72. The molecule has 0 amide bonds. The van der Waals surface area contributed by atoms with Crippen LogP contribution in [0.25, 0.3) is 0 Å². The first-order valence-electron chi connectivity index (χ1n) is 4.60. The van der Waals surface area contributed by atoms with E-state index < -0.39 is 14.1 Å². The fourth-order valence-corrected chi connectivity index (χ4v) is 1.70. The van der Waals surface area contributed by atoms with Crippen LogP contribution in [0, 0.1) is 0 Å². The van der Waals surface area contributed by atoms with E-state index in [1.165, 1.54) is 0 Å². The molecule has 2 atom stereocenters. The Labute approximate surface area is 103 Å². The van der Waals surface area contributed by atoms with E-state index in [0.717, 1.165) is 11.0 Å². The first-order valence-corrected chi connectivity index (χ1v) is 6.12. The normalized spacial score (nSPS) is 15.5. The number of quaternary nitrogens is 1. The summed E-state index contributed by atoms with van der Waals surface area (Å²) in [5.74, 6) is 0. The fourth-order valence-electron chi connectivity index (χ4n) is 0.749. The molecular weight excluding hydrogens is 232 g/mol. The van der Waals surface area contributed by atoms with Gasteiger partial charge in [-0.2, -0.15) is 0 Å². The topological polar surface area (TPSA) is 66.8 Å². The van der Waals surface area contributed by atoms with Crippen molar-refractivity contribution in [2.45, 2.75) is 6.10 Å². The molecule has 0 aliphatic heterocycles. The molecular formula is C8H21AlNO4P+4. The van der Waals surface area contributed by atoms with Gasteiger partial charge in [-0.1, -0.05) is 0 Å². The van der Waals surface area contributed by atoms with Crippen LogP contribution in [-0.4, -0.2) is 85.2 Å². The number of aliphatic hydroxyl groups is 2. The molecule has 0 saturated heterocycles. The number of hydrogen-bond donors (Lipinski definition) is 2. The Bertz CT molecular complexity index is 186. The quantitative estimate of drug-likeness (QED) is 0.352. The van der Waals surface area contributed by atoms with Crippen LogP contribution in [0.4, 0.5) is 0 Å². The van der Waals surface area contributed by atoms with Crippen LogP contribution in [0.15, 0.2) is 0 Å².